The fourth-order valence-corrected chi connectivity index (χ4v) is 4.42. The molecule has 0 spiro atoms. The van der Waals surface area contributed by atoms with Gasteiger partial charge in [0.2, 0.25) is 15.8 Å². The number of aliphatic hydroxyl groups excluding tert-OH is 1. The van der Waals surface area contributed by atoms with Crippen molar-refractivity contribution < 1.29 is 19.3 Å². The number of aliphatic hydroxyl groups is 1. The van der Waals surface area contributed by atoms with Crippen LogP contribution < -0.4 is 19.5 Å². The third kappa shape index (κ3) is 3.47. The highest BCUT2D eigenvalue weighted by Crippen LogP contribution is 2.41. The SMILES string of the molecule is COc1cc(-c2cnc3sc(NC4CCC(O)CC4)nn23)cc(OC)c1OC. The van der Waals surface area contributed by atoms with Crippen molar-refractivity contribution in [3.8, 4) is 28.5 Å². The molecule has 2 aromatic heterocycles. The second kappa shape index (κ2) is 7.84. The molecule has 0 amide bonds. The van der Waals surface area contributed by atoms with Gasteiger partial charge in [0.1, 0.15) is 0 Å². The lowest BCUT2D eigenvalue weighted by molar-refractivity contribution is 0.126. The number of hydrogen-bond donors (Lipinski definition) is 2. The minimum absolute atomic E-state index is 0.168. The van der Waals surface area contributed by atoms with Gasteiger partial charge in [-0.05, 0) is 37.8 Å². The van der Waals surface area contributed by atoms with Crippen LogP contribution in [0.4, 0.5) is 5.13 Å². The molecule has 0 atom stereocenters. The number of hydrogen-bond acceptors (Lipinski definition) is 8. The van der Waals surface area contributed by atoms with Crippen LogP contribution in [0.3, 0.4) is 0 Å². The number of aromatic nitrogens is 3. The molecule has 2 N–H and O–H groups in total. The number of nitrogens with one attached hydrogen (secondary N) is 1. The van der Waals surface area contributed by atoms with Crippen LogP contribution >= 0.6 is 11.3 Å². The van der Waals surface area contributed by atoms with Gasteiger partial charge in [-0.2, -0.15) is 0 Å². The molecular formula is C19H24N4O4S. The predicted octanol–water partition coefficient (Wildman–Crippen LogP) is 3.20. The number of fused-ring (bicyclic) bond motifs is 1. The summed E-state index contributed by atoms with van der Waals surface area (Å²) in [4.78, 5) is 5.31. The molecule has 0 bridgehead atoms. The van der Waals surface area contributed by atoms with E-state index in [0.717, 1.165) is 47.0 Å². The summed E-state index contributed by atoms with van der Waals surface area (Å²) in [7, 11) is 4.78. The van der Waals surface area contributed by atoms with Gasteiger partial charge in [0.25, 0.3) is 0 Å². The van der Waals surface area contributed by atoms with Gasteiger partial charge in [0.15, 0.2) is 11.5 Å². The van der Waals surface area contributed by atoms with Crippen molar-refractivity contribution in [2.45, 2.75) is 37.8 Å². The van der Waals surface area contributed by atoms with Crippen molar-refractivity contribution in [1.82, 2.24) is 14.6 Å². The van der Waals surface area contributed by atoms with Crippen LogP contribution in [0, 0.1) is 0 Å². The molecule has 28 heavy (non-hydrogen) atoms. The maximum Gasteiger partial charge on any atom is 0.214 e. The van der Waals surface area contributed by atoms with Crippen molar-refractivity contribution in [3.05, 3.63) is 18.3 Å². The summed E-state index contributed by atoms with van der Waals surface area (Å²) in [5.41, 5.74) is 1.72. The zero-order valence-corrected chi connectivity index (χ0v) is 17.0. The lowest BCUT2D eigenvalue weighted by atomic mass is 9.93. The van der Waals surface area contributed by atoms with E-state index in [2.05, 4.69) is 10.3 Å². The maximum atomic E-state index is 9.68. The zero-order chi connectivity index (χ0) is 19.7. The Morgan fingerprint density at radius 3 is 2.36 bits per heavy atom. The fraction of sp³-hybridized carbons (Fsp3) is 0.474. The van der Waals surface area contributed by atoms with Crippen molar-refractivity contribution in [1.29, 1.82) is 0 Å². The summed E-state index contributed by atoms with van der Waals surface area (Å²) in [5.74, 6) is 1.72. The molecule has 3 aromatic rings. The predicted molar refractivity (Wildman–Crippen MR) is 108 cm³/mol. The monoisotopic (exact) mass is 404 g/mol. The second-order valence-corrected chi connectivity index (χ2v) is 7.76. The molecule has 1 fully saturated rings. The molecule has 8 nitrogen and oxygen atoms in total. The first kappa shape index (κ1) is 18.8. The second-order valence-electron chi connectivity index (χ2n) is 6.81. The molecule has 1 aliphatic rings. The number of imidazole rings is 1. The molecule has 1 aliphatic carbocycles. The number of nitrogens with zero attached hydrogens (tertiary/aromatic N) is 3. The van der Waals surface area contributed by atoms with Crippen molar-refractivity contribution >= 4 is 21.4 Å². The van der Waals surface area contributed by atoms with E-state index in [1.165, 1.54) is 11.3 Å². The third-order valence-electron chi connectivity index (χ3n) is 5.07. The first-order valence-corrected chi connectivity index (χ1v) is 10.0. The van der Waals surface area contributed by atoms with Gasteiger partial charge in [-0.25, -0.2) is 9.50 Å². The van der Waals surface area contributed by atoms with Gasteiger partial charge in [0, 0.05) is 11.6 Å². The van der Waals surface area contributed by atoms with E-state index in [0.29, 0.717) is 23.3 Å². The standard InChI is InChI=1S/C19H24N4O4S/c1-25-15-8-11(9-16(26-2)17(15)27-3)14-10-20-19-23(14)22-18(28-19)21-12-4-6-13(24)7-5-12/h8-10,12-13,24H,4-7H2,1-3H3,(H,21,22). The van der Waals surface area contributed by atoms with Crippen LogP contribution in [0.15, 0.2) is 18.3 Å². The normalized spacial score (nSPS) is 19.6. The van der Waals surface area contributed by atoms with Crippen LogP contribution in [0.1, 0.15) is 25.7 Å². The van der Waals surface area contributed by atoms with Crippen LogP contribution in [0.2, 0.25) is 0 Å². The first-order chi connectivity index (χ1) is 13.6. The average Bonchev–Trinajstić information content (AvgIpc) is 3.28. The highest BCUT2D eigenvalue weighted by molar-refractivity contribution is 7.20. The number of benzene rings is 1. The van der Waals surface area contributed by atoms with E-state index < -0.39 is 0 Å². The largest absolute Gasteiger partial charge is 0.493 e. The molecule has 0 aliphatic heterocycles. The summed E-state index contributed by atoms with van der Waals surface area (Å²) in [5, 5.41) is 18.7. The Hall–Kier alpha value is -2.52. The summed E-state index contributed by atoms with van der Waals surface area (Å²) in [6, 6.07) is 4.11. The Bertz CT molecular complexity index is 937. The van der Waals surface area contributed by atoms with E-state index in [9.17, 15) is 5.11 Å². The van der Waals surface area contributed by atoms with Crippen molar-refractivity contribution in [2.75, 3.05) is 26.6 Å². The molecular weight excluding hydrogens is 380 g/mol. The molecule has 0 unspecified atom stereocenters. The highest BCUT2D eigenvalue weighted by Gasteiger charge is 2.22. The average molecular weight is 404 g/mol. The minimum Gasteiger partial charge on any atom is -0.493 e. The summed E-state index contributed by atoms with van der Waals surface area (Å²) >= 11 is 1.51. The fourth-order valence-electron chi connectivity index (χ4n) is 3.57. The van der Waals surface area contributed by atoms with E-state index in [1.807, 2.05) is 16.6 Å². The first-order valence-electron chi connectivity index (χ1n) is 9.22. The summed E-state index contributed by atoms with van der Waals surface area (Å²) < 4.78 is 18.1. The number of rotatable bonds is 6. The Balaban J connectivity index is 1.65. The van der Waals surface area contributed by atoms with Gasteiger partial charge < -0.3 is 24.6 Å². The summed E-state index contributed by atoms with van der Waals surface area (Å²) in [6.07, 6.45) is 5.18. The molecule has 150 valence electrons. The lowest BCUT2D eigenvalue weighted by Crippen LogP contribution is -2.28. The van der Waals surface area contributed by atoms with Crippen LogP contribution in [0.25, 0.3) is 16.2 Å². The maximum absolute atomic E-state index is 9.68. The van der Waals surface area contributed by atoms with Crippen molar-refractivity contribution in [3.63, 3.8) is 0 Å². The van der Waals surface area contributed by atoms with E-state index in [4.69, 9.17) is 19.3 Å². The summed E-state index contributed by atoms with van der Waals surface area (Å²) in [6.45, 7) is 0. The van der Waals surface area contributed by atoms with Gasteiger partial charge in [-0.15, -0.1) is 5.10 Å². The molecule has 1 saturated carbocycles. The molecule has 2 heterocycles. The van der Waals surface area contributed by atoms with E-state index in [1.54, 1.807) is 27.5 Å². The van der Waals surface area contributed by atoms with Gasteiger partial charge >= 0.3 is 0 Å². The Kier molecular flexibility index (Phi) is 5.27. The third-order valence-corrected chi connectivity index (χ3v) is 5.92. The van der Waals surface area contributed by atoms with Crippen LogP contribution in [-0.2, 0) is 0 Å². The van der Waals surface area contributed by atoms with Crippen molar-refractivity contribution in [2.24, 2.45) is 0 Å². The molecule has 4 rings (SSSR count). The molecule has 0 saturated heterocycles. The Morgan fingerprint density at radius 1 is 1.07 bits per heavy atom. The zero-order valence-electron chi connectivity index (χ0n) is 16.1. The van der Waals surface area contributed by atoms with E-state index in [-0.39, 0.29) is 6.10 Å². The molecule has 9 heteroatoms. The number of methoxy groups -OCH3 is 3. The van der Waals surface area contributed by atoms with Crippen LogP contribution in [-0.4, -0.2) is 53.2 Å². The van der Waals surface area contributed by atoms with Gasteiger partial charge in [-0.3, -0.25) is 0 Å². The minimum atomic E-state index is -0.168. The lowest BCUT2D eigenvalue weighted by Gasteiger charge is -2.25. The Labute approximate surface area is 167 Å². The van der Waals surface area contributed by atoms with Gasteiger partial charge in [0.05, 0.1) is 39.3 Å². The number of anilines is 1. The molecule has 0 radical (unpaired) electrons. The Morgan fingerprint density at radius 2 is 1.75 bits per heavy atom. The highest BCUT2D eigenvalue weighted by atomic mass is 32.1. The van der Waals surface area contributed by atoms with Gasteiger partial charge in [-0.1, -0.05) is 11.3 Å². The topological polar surface area (TPSA) is 90.1 Å². The quantitative estimate of drug-likeness (QED) is 0.652. The van der Waals surface area contributed by atoms with Crippen LogP contribution in [0.5, 0.6) is 17.2 Å². The van der Waals surface area contributed by atoms with E-state index >= 15 is 0 Å². The molecule has 1 aromatic carbocycles. The smallest absolute Gasteiger partial charge is 0.214 e. The number of ether oxygens (including phenoxy) is 3.